The van der Waals surface area contributed by atoms with E-state index < -0.39 is 10.0 Å². The largest absolute Gasteiger partial charge is 0.342 e. The zero-order chi connectivity index (χ0) is 18.6. The van der Waals surface area contributed by atoms with Gasteiger partial charge in [0.05, 0.1) is 6.42 Å². The molecule has 26 heavy (non-hydrogen) atoms. The first kappa shape index (κ1) is 19.8. The summed E-state index contributed by atoms with van der Waals surface area (Å²) in [5.74, 6) is 0.814. The van der Waals surface area contributed by atoms with E-state index in [-0.39, 0.29) is 5.91 Å². The Morgan fingerprint density at radius 3 is 2.54 bits per heavy atom. The van der Waals surface area contributed by atoms with E-state index in [9.17, 15) is 13.2 Å². The number of sulfonamides is 1. The second kappa shape index (κ2) is 8.82. The highest BCUT2D eigenvalue weighted by Gasteiger charge is 2.29. The average Bonchev–Trinajstić information content (AvgIpc) is 3.32. The zero-order valence-electron chi connectivity index (χ0n) is 15.4. The Bertz CT molecular complexity index is 703. The third-order valence-corrected chi connectivity index (χ3v) is 8.84. The topological polar surface area (TPSA) is 69.7 Å². The summed E-state index contributed by atoms with van der Waals surface area (Å²) in [6.07, 6.45) is 5.46. The summed E-state index contributed by atoms with van der Waals surface area (Å²) in [7, 11) is -1.40. The maximum absolute atomic E-state index is 12.6. The van der Waals surface area contributed by atoms with Gasteiger partial charge in [0.2, 0.25) is 5.91 Å². The van der Waals surface area contributed by atoms with Crippen LogP contribution < -0.4 is 5.32 Å². The van der Waals surface area contributed by atoms with Crippen molar-refractivity contribution in [2.75, 3.05) is 39.8 Å². The first-order valence-corrected chi connectivity index (χ1v) is 11.8. The molecular formula is C18H29N3O3S2. The molecule has 0 radical (unpaired) electrons. The van der Waals surface area contributed by atoms with Crippen molar-refractivity contribution in [3.63, 3.8) is 0 Å². The standard InChI is InChI=1S/C18H29N3O3S2/c1-19-9-6-15-7-12-20(13-8-15)17(22)14-16-4-5-18(25-16)26(23,24)21-10-2-3-11-21/h4-5,15,19H,2-3,6-14H2,1H3. The maximum atomic E-state index is 12.6. The molecule has 6 nitrogen and oxygen atoms in total. The molecule has 146 valence electrons. The Morgan fingerprint density at radius 2 is 1.88 bits per heavy atom. The van der Waals surface area contributed by atoms with Crippen LogP contribution in [0.3, 0.4) is 0 Å². The lowest BCUT2D eigenvalue weighted by Crippen LogP contribution is -2.39. The van der Waals surface area contributed by atoms with Gasteiger partial charge >= 0.3 is 0 Å². The molecule has 3 heterocycles. The molecule has 0 spiro atoms. The molecule has 2 aliphatic heterocycles. The summed E-state index contributed by atoms with van der Waals surface area (Å²) in [6, 6.07) is 3.45. The van der Waals surface area contributed by atoms with Crippen LogP contribution in [0.4, 0.5) is 0 Å². The van der Waals surface area contributed by atoms with Crippen LogP contribution in [0.1, 0.15) is 37.0 Å². The highest BCUT2D eigenvalue weighted by Crippen LogP contribution is 2.28. The molecule has 8 heteroatoms. The fourth-order valence-electron chi connectivity index (χ4n) is 3.73. The lowest BCUT2D eigenvalue weighted by Gasteiger charge is -2.32. The average molecular weight is 400 g/mol. The quantitative estimate of drug-likeness (QED) is 0.761. The first-order valence-electron chi connectivity index (χ1n) is 9.52. The number of thiophene rings is 1. The minimum atomic E-state index is -3.37. The molecule has 2 aliphatic rings. The second-order valence-electron chi connectivity index (χ2n) is 7.23. The number of carbonyl (C=O) groups excluding carboxylic acids is 1. The molecule has 3 rings (SSSR count). The Hall–Kier alpha value is -0.960. The van der Waals surface area contributed by atoms with E-state index in [0.29, 0.717) is 29.6 Å². The van der Waals surface area contributed by atoms with Crippen molar-refractivity contribution in [2.24, 2.45) is 5.92 Å². The number of nitrogens with zero attached hydrogens (tertiary/aromatic N) is 2. The molecule has 0 aliphatic carbocycles. The number of likely N-dealkylation sites (tertiary alicyclic amines) is 1. The minimum Gasteiger partial charge on any atom is -0.342 e. The van der Waals surface area contributed by atoms with Crippen LogP contribution in [0.2, 0.25) is 0 Å². The smallest absolute Gasteiger partial charge is 0.252 e. The van der Waals surface area contributed by atoms with Gasteiger partial charge in [0.25, 0.3) is 10.0 Å². The Kier molecular flexibility index (Phi) is 6.71. The summed E-state index contributed by atoms with van der Waals surface area (Å²) in [6.45, 7) is 3.88. The molecule has 2 fully saturated rings. The minimum absolute atomic E-state index is 0.115. The molecule has 1 aromatic heterocycles. The predicted molar refractivity (Wildman–Crippen MR) is 104 cm³/mol. The van der Waals surface area contributed by atoms with Crippen LogP contribution in [0.15, 0.2) is 16.3 Å². The number of nitrogens with one attached hydrogen (secondary N) is 1. The lowest BCUT2D eigenvalue weighted by atomic mass is 9.93. The van der Waals surface area contributed by atoms with Gasteiger partial charge in [-0.15, -0.1) is 11.3 Å². The zero-order valence-corrected chi connectivity index (χ0v) is 17.1. The van der Waals surface area contributed by atoms with Gasteiger partial charge < -0.3 is 10.2 Å². The van der Waals surface area contributed by atoms with E-state index in [1.807, 2.05) is 11.9 Å². The van der Waals surface area contributed by atoms with Crippen LogP contribution in [-0.4, -0.2) is 63.3 Å². The van der Waals surface area contributed by atoms with Gasteiger partial charge in [-0.3, -0.25) is 4.79 Å². The van der Waals surface area contributed by atoms with Crippen LogP contribution in [0.25, 0.3) is 0 Å². The van der Waals surface area contributed by atoms with Crippen LogP contribution in [0.5, 0.6) is 0 Å². The summed E-state index contributed by atoms with van der Waals surface area (Å²) in [4.78, 5) is 15.3. The fraction of sp³-hybridized carbons (Fsp3) is 0.722. The maximum Gasteiger partial charge on any atom is 0.252 e. The van der Waals surface area contributed by atoms with Crippen molar-refractivity contribution in [2.45, 2.75) is 42.7 Å². The Morgan fingerprint density at radius 1 is 1.19 bits per heavy atom. The number of hydrogen-bond donors (Lipinski definition) is 1. The number of piperidine rings is 1. The van der Waals surface area contributed by atoms with Crippen molar-refractivity contribution in [3.05, 3.63) is 17.0 Å². The summed E-state index contributed by atoms with van der Waals surface area (Å²) < 4.78 is 27.1. The molecule has 0 atom stereocenters. The highest BCUT2D eigenvalue weighted by atomic mass is 32.2. The number of amides is 1. The van der Waals surface area contributed by atoms with Gasteiger partial charge in [-0.05, 0) is 63.7 Å². The molecule has 1 aromatic rings. The summed E-state index contributed by atoms with van der Waals surface area (Å²) in [5.41, 5.74) is 0. The predicted octanol–water partition coefficient (Wildman–Crippen LogP) is 1.92. The first-order chi connectivity index (χ1) is 12.5. The van der Waals surface area contributed by atoms with Gasteiger partial charge in [0, 0.05) is 31.1 Å². The summed E-state index contributed by atoms with van der Waals surface area (Å²) in [5, 5.41) is 3.18. The Labute approximate surface area is 160 Å². The van der Waals surface area contributed by atoms with E-state index in [4.69, 9.17) is 0 Å². The number of rotatable bonds is 7. The van der Waals surface area contributed by atoms with Crippen molar-refractivity contribution >= 4 is 27.3 Å². The molecule has 2 saturated heterocycles. The van der Waals surface area contributed by atoms with E-state index >= 15 is 0 Å². The normalized spacial score (nSPS) is 20.0. The van der Waals surface area contributed by atoms with Crippen molar-refractivity contribution in [1.82, 2.24) is 14.5 Å². The molecule has 0 saturated carbocycles. The van der Waals surface area contributed by atoms with Crippen molar-refractivity contribution in [3.8, 4) is 0 Å². The van der Waals surface area contributed by atoms with Crippen LogP contribution in [0, 0.1) is 5.92 Å². The third kappa shape index (κ3) is 4.65. The van der Waals surface area contributed by atoms with Crippen molar-refractivity contribution in [1.29, 1.82) is 0 Å². The monoisotopic (exact) mass is 399 g/mol. The van der Waals surface area contributed by atoms with Gasteiger partial charge in [-0.2, -0.15) is 4.31 Å². The molecule has 1 N–H and O–H groups in total. The lowest BCUT2D eigenvalue weighted by molar-refractivity contribution is -0.131. The van der Waals surface area contributed by atoms with E-state index in [1.165, 1.54) is 17.8 Å². The van der Waals surface area contributed by atoms with Gasteiger partial charge in [0.1, 0.15) is 4.21 Å². The molecule has 1 amide bonds. The van der Waals surface area contributed by atoms with Gasteiger partial charge in [0.15, 0.2) is 0 Å². The molecule has 0 bridgehead atoms. The summed E-state index contributed by atoms with van der Waals surface area (Å²) >= 11 is 1.25. The fourth-order valence-corrected chi connectivity index (χ4v) is 6.75. The van der Waals surface area contributed by atoms with Gasteiger partial charge in [-0.25, -0.2) is 8.42 Å². The molecule has 0 aromatic carbocycles. The SMILES string of the molecule is CNCCC1CCN(C(=O)Cc2ccc(S(=O)(=O)N3CCCC3)s2)CC1. The highest BCUT2D eigenvalue weighted by molar-refractivity contribution is 7.91. The van der Waals surface area contributed by atoms with Crippen molar-refractivity contribution < 1.29 is 13.2 Å². The van der Waals surface area contributed by atoms with Crippen LogP contribution in [-0.2, 0) is 21.2 Å². The van der Waals surface area contributed by atoms with Gasteiger partial charge in [-0.1, -0.05) is 0 Å². The second-order valence-corrected chi connectivity index (χ2v) is 10.6. The number of carbonyl (C=O) groups is 1. The molecule has 0 unspecified atom stereocenters. The third-order valence-electron chi connectivity index (χ3n) is 5.39. The van der Waals surface area contributed by atoms with E-state index in [1.54, 1.807) is 16.4 Å². The van der Waals surface area contributed by atoms with Crippen LogP contribution >= 0.6 is 11.3 Å². The van der Waals surface area contributed by atoms with E-state index in [0.717, 1.165) is 50.2 Å². The molecular weight excluding hydrogens is 370 g/mol. The van der Waals surface area contributed by atoms with E-state index in [2.05, 4.69) is 5.32 Å². The number of hydrogen-bond acceptors (Lipinski definition) is 5. The Balaban J connectivity index is 1.53.